The molecule has 17 heavy (non-hydrogen) atoms. The standard InChI is InChI=1S/C14H23NO2/c1-14(2,3)11-17-13-7-5-6-12(10-13)16-9-8-15-4/h5-7,10,15H,8-9,11H2,1-4H3. The van der Waals surface area contributed by atoms with Crippen molar-refractivity contribution in [2.24, 2.45) is 5.41 Å². The number of nitrogens with one attached hydrogen (secondary N) is 1. The Bertz CT molecular complexity index is 331. The Hall–Kier alpha value is -1.22. The van der Waals surface area contributed by atoms with Gasteiger partial charge in [-0.15, -0.1) is 0 Å². The Morgan fingerprint density at radius 1 is 1.12 bits per heavy atom. The summed E-state index contributed by atoms with van der Waals surface area (Å²) in [5.74, 6) is 1.72. The van der Waals surface area contributed by atoms with Crippen molar-refractivity contribution in [3.05, 3.63) is 24.3 Å². The first-order valence-corrected chi connectivity index (χ1v) is 6.01. The fourth-order valence-corrected chi connectivity index (χ4v) is 1.22. The molecular weight excluding hydrogens is 214 g/mol. The van der Waals surface area contributed by atoms with Crippen LogP contribution in [0.3, 0.4) is 0 Å². The van der Waals surface area contributed by atoms with Crippen LogP contribution in [0.4, 0.5) is 0 Å². The molecular formula is C14H23NO2. The molecule has 0 unspecified atom stereocenters. The van der Waals surface area contributed by atoms with Crippen molar-refractivity contribution >= 4 is 0 Å². The van der Waals surface area contributed by atoms with Crippen LogP contribution in [0.1, 0.15) is 20.8 Å². The summed E-state index contributed by atoms with van der Waals surface area (Å²) in [6.45, 7) is 8.67. The van der Waals surface area contributed by atoms with Crippen molar-refractivity contribution in [2.75, 3.05) is 26.8 Å². The molecule has 1 aromatic rings. The van der Waals surface area contributed by atoms with Gasteiger partial charge in [-0.3, -0.25) is 0 Å². The zero-order chi connectivity index (χ0) is 12.7. The molecule has 3 heteroatoms. The molecule has 0 saturated heterocycles. The van der Waals surface area contributed by atoms with Crippen molar-refractivity contribution in [3.63, 3.8) is 0 Å². The minimum Gasteiger partial charge on any atom is -0.493 e. The monoisotopic (exact) mass is 237 g/mol. The van der Waals surface area contributed by atoms with E-state index in [-0.39, 0.29) is 5.41 Å². The molecule has 0 aliphatic carbocycles. The predicted octanol–water partition coefficient (Wildman–Crippen LogP) is 2.71. The molecule has 0 saturated carbocycles. The van der Waals surface area contributed by atoms with Crippen molar-refractivity contribution in [1.82, 2.24) is 5.32 Å². The Balaban J connectivity index is 2.48. The van der Waals surface area contributed by atoms with Gasteiger partial charge < -0.3 is 14.8 Å². The summed E-state index contributed by atoms with van der Waals surface area (Å²) in [5.41, 5.74) is 0.170. The first kappa shape index (κ1) is 13.8. The molecule has 96 valence electrons. The smallest absolute Gasteiger partial charge is 0.123 e. The van der Waals surface area contributed by atoms with Crippen LogP contribution in [0.2, 0.25) is 0 Å². The van der Waals surface area contributed by atoms with Crippen molar-refractivity contribution < 1.29 is 9.47 Å². The average molecular weight is 237 g/mol. The third-order valence-electron chi connectivity index (χ3n) is 2.10. The fourth-order valence-electron chi connectivity index (χ4n) is 1.22. The molecule has 0 aliphatic heterocycles. The Morgan fingerprint density at radius 3 is 2.35 bits per heavy atom. The molecule has 0 amide bonds. The van der Waals surface area contributed by atoms with E-state index >= 15 is 0 Å². The van der Waals surface area contributed by atoms with E-state index in [9.17, 15) is 0 Å². The van der Waals surface area contributed by atoms with Crippen molar-refractivity contribution in [2.45, 2.75) is 20.8 Å². The van der Waals surface area contributed by atoms with Gasteiger partial charge in [0.25, 0.3) is 0 Å². The summed E-state index contributed by atoms with van der Waals surface area (Å²) < 4.78 is 11.3. The summed E-state index contributed by atoms with van der Waals surface area (Å²) in [6.07, 6.45) is 0. The van der Waals surface area contributed by atoms with Gasteiger partial charge in [-0.2, -0.15) is 0 Å². The summed E-state index contributed by atoms with van der Waals surface area (Å²) in [5, 5.41) is 3.04. The van der Waals surface area contributed by atoms with Gasteiger partial charge in [-0.05, 0) is 24.6 Å². The fraction of sp³-hybridized carbons (Fsp3) is 0.571. The summed E-state index contributed by atoms with van der Waals surface area (Å²) >= 11 is 0. The second-order valence-corrected chi connectivity index (χ2v) is 5.28. The maximum atomic E-state index is 5.72. The lowest BCUT2D eigenvalue weighted by Crippen LogP contribution is -2.17. The van der Waals surface area contributed by atoms with Gasteiger partial charge in [-0.25, -0.2) is 0 Å². The highest BCUT2D eigenvalue weighted by Gasteiger charge is 2.11. The van der Waals surface area contributed by atoms with Crippen LogP contribution in [-0.4, -0.2) is 26.8 Å². The predicted molar refractivity (Wildman–Crippen MR) is 70.8 cm³/mol. The van der Waals surface area contributed by atoms with Gasteiger partial charge in [0, 0.05) is 12.6 Å². The van der Waals surface area contributed by atoms with E-state index in [1.165, 1.54) is 0 Å². The molecule has 1 rings (SSSR count). The molecule has 3 nitrogen and oxygen atoms in total. The number of rotatable bonds is 6. The molecule has 1 N–H and O–H groups in total. The van der Waals surface area contributed by atoms with E-state index in [1.54, 1.807) is 0 Å². The number of hydrogen-bond donors (Lipinski definition) is 1. The highest BCUT2D eigenvalue weighted by molar-refractivity contribution is 5.32. The second-order valence-electron chi connectivity index (χ2n) is 5.28. The topological polar surface area (TPSA) is 30.5 Å². The van der Waals surface area contributed by atoms with Crippen LogP contribution in [-0.2, 0) is 0 Å². The Morgan fingerprint density at radius 2 is 1.76 bits per heavy atom. The second kappa shape index (κ2) is 6.50. The highest BCUT2D eigenvalue weighted by atomic mass is 16.5. The quantitative estimate of drug-likeness (QED) is 0.772. The molecule has 0 atom stereocenters. The molecule has 0 heterocycles. The molecule has 0 spiro atoms. The molecule has 0 radical (unpaired) electrons. The van der Waals surface area contributed by atoms with Gasteiger partial charge in [-0.1, -0.05) is 26.8 Å². The van der Waals surface area contributed by atoms with Gasteiger partial charge in [0.1, 0.15) is 18.1 Å². The third-order valence-corrected chi connectivity index (χ3v) is 2.10. The van der Waals surface area contributed by atoms with Crippen LogP contribution in [0.25, 0.3) is 0 Å². The van der Waals surface area contributed by atoms with Gasteiger partial charge in [0.05, 0.1) is 6.61 Å². The minimum atomic E-state index is 0.170. The molecule has 0 fully saturated rings. The van der Waals surface area contributed by atoms with Crippen LogP contribution in [0.5, 0.6) is 11.5 Å². The zero-order valence-electron chi connectivity index (χ0n) is 11.2. The summed E-state index contributed by atoms with van der Waals surface area (Å²) in [7, 11) is 1.91. The van der Waals surface area contributed by atoms with Gasteiger partial charge >= 0.3 is 0 Å². The lowest BCUT2D eigenvalue weighted by atomic mass is 9.99. The normalized spacial score (nSPS) is 11.3. The first-order chi connectivity index (χ1) is 8.01. The highest BCUT2D eigenvalue weighted by Crippen LogP contribution is 2.22. The SMILES string of the molecule is CNCCOc1cccc(OCC(C)(C)C)c1. The van der Waals surface area contributed by atoms with Crippen LogP contribution in [0, 0.1) is 5.41 Å². The molecule has 0 aromatic heterocycles. The number of benzene rings is 1. The largest absolute Gasteiger partial charge is 0.493 e. The Labute approximate surface area is 104 Å². The van der Waals surface area contributed by atoms with Crippen LogP contribution in [0.15, 0.2) is 24.3 Å². The number of likely N-dealkylation sites (N-methyl/N-ethyl adjacent to an activating group) is 1. The van der Waals surface area contributed by atoms with Crippen LogP contribution >= 0.6 is 0 Å². The number of hydrogen-bond acceptors (Lipinski definition) is 3. The molecule has 1 aromatic carbocycles. The minimum absolute atomic E-state index is 0.170. The Kier molecular flexibility index (Phi) is 5.29. The van der Waals surface area contributed by atoms with Gasteiger partial charge in [0.15, 0.2) is 0 Å². The van der Waals surface area contributed by atoms with E-state index < -0.39 is 0 Å². The first-order valence-electron chi connectivity index (χ1n) is 6.01. The van der Waals surface area contributed by atoms with E-state index in [1.807, 2.05) is 31.3 Å². The lowest BCUT2D eigenvalue weighted by molar-refractivity contribution is 0.197. The third kappa shape index (κ3) is 6.17. The maximum absolute atomic E-state index is 5.72. The maximum Gasteiger partial charge on any atom is 0.123 e. The van der Waals surface area contributed by atoms with Crippen LogP contribution < -0.4 is 14.8 Å². The zero-order valence-corrected chi connectivity index (χ0v) is 11.2. The van der Waals surface area contributed by atoms with E-state index in [4.69, 9.17) is 9.47 Å². The van der Waals surface area contributed by atoms with Crippen molar-refractivity contribution in [1.29, 1.82) is 0 Å². The molecule has 0 bridgehead atoms. The van der Waals surface area contributed by atoms with E-state index in [0.717, 1.165) is 18.0 Å². The average Bonchev–Trinajstić information content (AvgIpc) is 2.27. The number of ether oxygens (including phenoxy) is 2. The molecule has 0 aliphatic rings. The summed E-state index contributed by atoms with van der Waals surface area (Å²) in [4.78, 5) is 0. The van der Waals surface area contributed by atoms with Gasteiger partial charge in [0.2, 0.25) is 0 Å². The van der Waals surface area contributed by atoms with E-state index in [0.29, 0.717) is 13.2 Å². The van der Waals surface area contributed by atoms with E-state index in [2.05, 4.69) is 26.1 Å². The lowest BCUT2D eigenvalue weighted by Gasteiger charge is -2.19. The van der Waals surface area contributed by atoms with Crippen molar-refractivity contribution in [3.8, 4) is 11.5 Å². The summed E-state index contributed by atoms with van der Waals surface area (Å²) in [6, 6.07) is 7.78.